The third-order valence-corrected chi connectivity index (χ3v) is 4.85. The molecule has 4 nitrogen and oxygen atoms in total. The van der Waals surface area contributed by atoms with Crippen molar-refractivity contribution in [1.29, 1.82) is 0 Å². The first-order valence-electron chi connectivity index (χ1n) is 7.60. The fraction of sp³-hybridized carbons (Fsp3) is 0.733. The molecule has 0 atom stereocenters. The minimum atomic E-state index is 0.298. The summed E-state index contributed by atoms with van der Waals surface area (Å²) in [7, 11) is 0. The van der Waals surface area contributed by atoms with Crippen LogP contribution in [0.4, 0.5) is 5.82 Å². The monoisotopic (exact) mass is 260 g/mol. The Morgan fingerprint density at radius 1 is 1.11 bits per heavy atom. The molecule has 0 bridgehead atoms. The molecule has 1 saturated carbocycles. The van der Waals surface area contributed by atoms with E-state index in [4.69, 9.17) is 5.73 Å². The maximum atomic E-state index is 6.00. The van der Waals surface area contributed by atoms with Crippen LogP contribution >= 0.6 is 0 Å². The predicted octanol–water partition coefficient (Wildman–Crippen LogP) is 2.29. The third-order valence-electron chi connectivity index (χ3n) is 4.85. The molecule has 4 heteroatoms. The molecule has 0 aromatic carbocycles. The molecule has 1 aromatic heterocycles. The molecule has 1 aromatic rings. The number of fused-ring (bicyclic) bond motifs is 1. The highest BCUT2D eigenvalue weighted by molar-refractivity contribution is 5.47. The second kappa shape index (κ2) is 5.45. The van der Waals surface area contributed by atoms with E-state index in [9.17, 15) is 0 Å². The van der Waals surface area contributed by atoms with Crippen molar-refractivity contribution >= 4 is 5.82 Å². The number of nitrogens with one attached hydrogen (secondary N) is 1. The zero-order chi connectivity index (χ0) is 13.1. The topological polar surface area (TPSA) is 63.8 Å². The molecule has 19 heavy (non-hydrogen) atoms. The van der Waals surface area contributed by atoms with E-state index in [1.54, 1.807) is 6.33 Å². The van der Waals surface area contributed by atoms with Gasteiger partial charge in [-0.2, -0.15) is 0 Å². The first-order valence-corrected chi connectivity index (χ1v) is 7.60. The van der Waals surface area contributed by atoms with Crippen molar-refractivity contribution in [3.05, 3.63) is 17.6 Å². The molecule has 1 heterocycles. The molecular weight excluding hydrogens is 236 g/mol. The summed E-state index contributed by atoms with van der Waals surface area (Å²) in [5.74, 6) is 1.06. The van der Waals surface area contributed by atoms with Gasteiger partial charge in [-0.1, -0.05) is 12.8 Å². The second-order valence-corrected chi connectivity index (χ2v) is 6.12. The minimum absolute atomic E-state index is 0.298. The van der Waals surface area contributed by atoms with Gasteiger partial charge < -0.3 is 11.1 Å². The van der Waals surface area contributed by atoms with Gasteiger partial charge in [0.2, 0.25) is 0 Å². The van der Waals surface area contributed by atoms with Crippen molar-refractivity contribution in [2.75, 3.05) is 18.4 Å². The van der Waals surface area contributed by atoms with Crippen LogP contribution in [0.2, 0.25) is 0 Å². The Labute approximate surface area is 115 Å². The summed E-state index contributed by atoms with van der Waals surface area (Å²) in [4.78, 5) is 8.88. The van der Waals surface area contributed by atoms with E-state index in [1.807, 2.05) is 0 Å². The molecule has 0 aliphatic heterocycles. The molecular formula is C15H24N4. The molecule has 0 saturated heterocycles. The smallest absolute Gasteiger partial charge is 0.132 e. The molecule has 3 N–H and O–H groups in total. The van der Waals surface area contributed by atoms with Gasteiger partial charge in [-0.05, 0) is 50.5 Å². The van der Waals surface area contributed by atoms with Crippen LogP contribution in [-0.4, -0.2) is 23.1 Å². The number of nitrogens with two attached hydrogens (primary N) is 1. The standard InChI is InChI=1S/C15H24N4/c16-9-15(7-3-4-8-15)10-17-14-12-5-1-2-6-13(12)18-11-19-14/h11H,1-10,16H2,(H,17,18,19). The van der Waals surface area contributed by atoms with Gasteiger partial charge in [0, 0.05) is 17.8 Å². The number of anilines is 1. The summed E-state index contributed by atoms with van der Waals surface area (Å²) in [6.07, 6.45) is 11.6. The number of aryl methyl sites for hydroxylation is 1. The summed E-state index contributed by atoms with van der Waals surface area (Å²) in [6.45, 7) is 1.75. The van der Waals surface area contributed by atoms with Crippen molar-refractivity contribution in [3.8, 4) is 0 Å². The van der Waals surface area contributed by atoms with Crippen LogP contribution in [0.1, 0.15) is 49.8 Å². The van der Waals surface area contributed by atoms with Crippen molar-refractivity contribution in [2.45, 2.75) is 51.4 Å². The quantitative estimate of drug-likeness (QED) is 0.872. The fourth-order valence-electron chi connectivity index (χ4n) is 3.52. The number of hydrogen-bond acceptors (Lipinski definition) is 4. The first-order chi connectivity index (χ1) is 9.33. The molecule has 0 unspecified atom stereocenters. The predicted molar refractivity (Wildman–Crippen MR) is 77.1 cm³/mol. The lowest BCUT2D eigenvalue weighted by Crippen LogP contribution is -2.35. The normalized spacial score (nSPS) is 21.1. The largest absolute Gasteiger partial charge is 0.369 e. The number of rotatable bonds is 4. The van der Waals surface area contributed by atoms with Crippen LogP contribution in [0.15, 0.2) is 6.33 Å². The van der Waals surface area contributed by atoms with E-state index >= 15 is 0 Å². The summed E-state index contributed by atoms with van der Waals surface area (Å²) in [6, 6.07) is 0. The van der Waals surface area contributed by atoms with Crippen LogP contribution < -0.4 is 11.1 Å². The molecule has 0 radical (unpaired) electrons. The Balaban J connectivity index is 1.73. The highest BCUT2D eigenvalue weighted by Gasteiger charge is 2.32. The van der Waals surface area contributed by atoms with Gasteiger partial charge in [0.15, 0.2) is 0 Å². The van der Waals surface area contributed by atoms with Crippen LogP contribution in [0.25, 0.3) is 0 Å². The molecule has 3 rings (SSSR count). The van der Waals surface area contributed by atoms with E-state index in [2.05, 4.69) is 15.3 Å². The van der Waals surface area contributed by atoms with Crippen molar-refractivity contribution in [2.24, 2.45) is 11.1 Å². The van der Waals surface area contributed by atoms with Crippen LogP contribution in [0.5, 0.6) is 0 Å². The van der Waals surface area contributed by atoms with Crippen molar-refractivity contribution in [3.63, 3.8) is 0 Å². The highest BCUT2D eigenvalue weighted by atomic mass is 15.0. The van der Waals surface area contributed by atoms with Crippen LogP contribution in [0, 0.1) is 5.41 Å². The van der Waals surface area contributed by atoms with E-state index in [0.717, 1.165) is 31.7 Å². The SMILES string of the molecule is NCC1(CNc2ncnc3c2CCCC3)CCCC1. The van der Waals surface area contributed by atoms with Gasteiger partial charge in [-0.3, -0.25) is 0 Å². The van der Waals surface area contributed by atoms with Crippen LogP contribution in [0.3, 0.4) is 0 Å². The van der Waals surface area contributed by atoms with E-state index in [1.165, 1.54) is 49.8 Å². The molecule has 2 aliphatic carbocycles. The first kappa shape index (κ1) is 12.9. The summed E-state index contributed by atoms with van der Waals surface area (Å²) in [5.41, 5.74) is 8.89. The highest BCUT2D eigenvalue weighted by Crippen LogP contribution is 2.37. The summed E-state index contributed by atoms with van der Waals surface area (Å²) < 4.78 is 0. The van der Waals surface area contributed by atoms with Gasteiger partial charge in [0.05, 0.1) is 0 Å². The lowest BCUT2D eigenvalue weighted by Gasteiger charge is -2.28. The minimum Gasteiger partial charge on any atom is -0.369 e. The van der Waals surface area contributed by atoms with Gasteiger partial charge in [-0.25, -0.2) is 9.97 Å². The van der Waals surface area contributed by atoms with Crippen LogP contribution in [-0.2, 0) is 12.8 Å². The fourth-order valence-corrected chi connectivity index (χ4v) is 3.52. The third kappa shape index (κ3) is 2.59. The number of hydrogen-bond donors (Lipinski definition) is 2. The van der Waals surface area contributed by atoms with Gasteiger partial charge in [-0.15, -0.1) is 0 Å². The van der Waals surface area contributed by atoms with E-state index in [-0.39, 0.29) is 0 Å². The average molecular weight is 260 g/mol. The molecule has 2 aliphatic rings. The van der Waals surface area contributed by atoms with Crippen molar-refractivity contribution in [1.82, 2.24) is 9.97 Å². The molecule has 0 spiro atoms. The Kier molecular flexibility index (Phi) is 3.69. The molecule has 0 amide bonds. The van der Waals surface area contributed by atoms with Gasteiger partial charge in [0.1, 0.15) is 12.1 Å². The zero-order valence-corrected chi connectivity index (χ0v) is 11.6. The Hall–Kier alpha value is -1.16. The van der Waals surface area contributed by atoms with Gasteiger partial charge in [0.25, 0.3) is 0 Å². The lowest BCUT2D eigenvalue weighted by atomic mass is 9.86. The Morgan fingerprint density at radius 3 is 2.68 bits per heavy atom. The summed E-state index contributed by atoms with van der Waals surface area (Å²) >= 11 is 0. The lowest BCUT2D eigenvalue weighted by molar-refractivity contribution is 0.331. The molecule has 104 valence electrons. The van der Waals surface area contributed by atoms with Gasteiger partial charge >= 0.3 is 0 Å². The maximum Gasteiger partial charge on any atom is 0.132 e. The van der Waals surface area contributed by atoms with E-state index in [0.29, 0.717) is 5.41 Å². The van der Waals surface area contributed by atoms with Crippen molar-refractivity contribution < 1.29 is 0 Å². The maximum absolute atomic E-state index is 6.00. The second-order valence-electron chi connectivity index (χ2n) is 6.12. The average Bonchev–Trinajstić information content (AvgIpc) is 2.94. The zero-order valence-electron chi connectivity index (χ0n) is 11.6. The number of nitrogens with zero attached hydrogens (tertiary/aromatic N) is 2. The Morgan fingerprint density at radius 2 is 1.89 bits per heavy atom. The molecule has 1 fully saturated rings. The Bertz CT molecular complexity index is 438. The summed E-state index contributed by atoms with van der Waals surface area (Å²) in [5, 5.41) is 3.58. The number of aromatic nitrogens is 2. The van der Waals surface area contributed by atoms with E-state index < -0.39 is 0 Å².